The van der Waals surface area contributed by atoms with E-state index < -0.39 is 17.8 Å². The molecule has 1 aliphatic heterocycles. The number of amides is 2. The molecule has 3 atom stereocenters. The van der Waals surface area contributed by atoms with Gasteiger partial charge in [-0.25, -0.2) is 15.0 Å². The Hall–Kier alpha value is -3.93. The van der Waals surface area contributed by atoms with E-state index in [1.54, 1.807) is 34.6 Å². The number of aryl methyl sites for hydroxylation is 1. The number of halogens is 4. The Morgan fingerprint density at radius 3 is 2.69 bits per heavy atom. The highest BCUT2D eigenvalue weighted by Crippen LogP contribution is 2.45. The van der Waals surface area contributed by atoms with E-state index >= 15 is 0 Å². The van der Waals surface area contributed by atoms with Crippen molar-refractivity contribution >= 4 is 57.0 Å². The molecule has 4 heterocycles. The summed E-state index contributed by atoms with van der Waals surface area (Å²) in [5.74, 6) is -0.209. The van der Waals surface area contributed by atoms with Crippen LogP contribution in [-0.4, -0.2) is 48.3 Å². The number of anilines is 2. The van der Waals surface area contributed by atoms with Gasteiger partial charge in [0, 0.05) is 11.4 Å². The van der Waals surface area contributed by atoms with Crippen molar-refractivity contribution in [2.24, 2.45) is 5.92 Å². The number of nitrogens with zero attached hydrogens (tertiary/aromatic N) is 5. The molecule has 39 heavy (non-hydrogen) atoms. The fourth-order valence-electron chi connectivity index (χ4n) is 5.92. The van der Waals surface area contributed by atoms with Gasteiger partial charge in [0.2, 0.25) is 11.8 Å². The van der Waals surface area contributed by atoms with E-state index in [1.165, 1.54) is 6.33 Å². The minimum absolute atomic E-state index is 0.0152. The summed E-state index contributed by atoms with van der Waals surface area (Å²) in [5.41, 5.74) is 6.23. The maximum Gasteiger partial charge on any atom is 0.416 e. The molecule has 3 N–H and O–H groups in total. The monoisotopic (exact) mass is 557 g/mol. The molecule has 0 radical (unpaired) electrons. The number of fused-ring (bicyclic) bond motifs is 4. The van der Waals surface area contributed by atoms with Gasteiger partial charge in [0.1, 0.15) is 41.3 Å². The highest BCUT2D eigenvalue weighted by Gasteiger charge is 2.51. The molecule has 1 saturated heterocycles. The van der Waals surface area contributed by atoms with E-state index in [0.717, 1.165) is 25.0 Å². The normalized spacial score (nSPS) is 20.7. The summed E-state index contributed by atoms with van der Waals surface area (Å²) in [6.07, 6.45) is -1.17. The SMILES string of the molecule is Cc1cc(C(F)(F)F)cc2c3c(N)ncnc3n(CC(=O)N3[C@@H]4CC[C@@H]4C[C@H]3C(=O)Nc3cccc(Cl)n3)c12. The fraction of sp³-hybridized carbons (Fsp3) is 0.346. The van der Waals surface area contributed by atoms with Crippen LogP contribution < -0.4 is 11.1 Å². The summed E-state index contributed by atoms with van der Waals surface area (Å²) in [6.45, 7) is 1.32. The lowest BCUT2D eigenvalue weighted by molar-refractivity contribution is -0.140. The number of carbonyl (C=O) groups excluding carboxylic acids is 2. The van der Waals surface area contributed by atoms with Crippen molar-refractivity contribution in [3.05, 3.63) is 52.9 Å². The van der Waals surface area contributed by atoms with Crippen molar-refractivity contribution in [1.29, 1.82) is 0 Å². The first kappa shape index (κ1) is 25.4. The molecule has 0 unspecified atom stereocenters. The number of benzene rings is 1. The van der Waals surface area contributed by atoms with Crippen LogP contribution in [0, 0.1) is 12.8 Å². The van der Waals surface area contributed by atoms with Gasteiger partial charge in [0.25, 0.3) is 0 Å². The molecule has 1 aromatic carbocycles. The number of aromatic nitrogens is 4. The number of carbonyl (C=O) groups is 2. The number of rotatable bonds is 4. The predicted octanol–water partition coefficient (Wildman–Crippen LogP) is 4.56. The number of nitrogens with one attached hydrogen (secondary N) is 1. The molecule has 2 amide bonds. The van der Waals surface area contributed by atoms with Gasteiger partial charge in [-0.3, -0.25) is 9.59 Å². The van der Waals surface area contributed by atoms with Crippen LogP contribution in [0.1, 0.15) is 30.4 Å². The van der Waals surface area contributed by atoms with E-state index in [0.29, 0.717) is 17.5 Å². The van der Waals surface area contributed by atoms with Gasteiger partial charge in [-0.05, 0) is 61.9 Å². The lowest BCUT2D eigenvalue weighted by atomic mass is 9.80. The lowest BCUT2D eigenvalue weighted by Crippen LogP contribution is -2.50. The zero-order valence-electron chi connectivity index (χ0n) is 20.7. The second kappa shape index (κ2) is 9.08. The van der Waals surface area contributed by atoms with Crippen molar-refractivity contribution in [3.63, 3.8) is 0 Å². The predicted molar refractivity (Wildman–Crippen MR) is 139 cm³/mol. The third kappa shape index (κ3) is 4.22. The second-order valence-corrected chi connectivity index (χ2v) is 10.4. The topological polar surface area (TPSA) is 119 Å². The number of hydrogen-bond donors (Lipinski definition) is 2. The average Bonchev–Trinajstić information content (AvgIpc) is 3.31. The van der Waals surface area contributed by atoms with E-state index in [9.17, 15) is 22.8 Å². The molecular weight excluding hydrogens is 535 g/mol. The molecule has 1 saturated carbocycles. The first-order chi connectivity index (χ1) is 18.5. The molecule has 0 spiro atoms. The van der Waals surface area contributed by atoms with Gasteiger partial charge in [-0.2, -0.15) is 13.2 Å². The number of pyridine rings is 1. The van der Waals surface area contributed by atoms with Crippen molar-refractivity contribution in [2.45, 2.75) is 51.0 Å². The first-order valence-electron chi connectivity index (χ1n) is 12.4. The minimum Gasteiger partial charge on any atom is -0.383 e. The fourth-order valence-corrected chi connectivity index (χ4v) is 6.09. The van der Waals surface area contributed by atoms with Crippen molar-refractivity contribution in [3.8, 4) is 0 Å². The number of nitrogen functional groups attached to an aromatic ring is 1. The maximum absolute atomic E-state index is 13.9. The van der Waals surface area contributed by atoms with Crippen LogP contribution in [0.2, 0.25) is 5.15 Å². The van der Waals surface area contributed by atoms with Gasteiger partial charge in [0.05, 0.1) is 16.5 Å². The third-order valence-corrected chi connectivity index (χ3v) is 7.94. The van der Waals surface area contributed by atoms with E-state index in [-0.39, 0.29) is 63.5 Å². The summed E-state index contributed by atoms with van der Waals surface area (Å²) in [4.78, 5) is 41.1. The lowest BCUT2D eigenvalue weighted by Gasteiger charge is -2.37. The Kier molecular flexibility index (Phi) is 5.90. The molecule has 1 aliphatic carbocycles. The van der Waals surface area contributed by atoms with E-state index in [4.69, 9.17) is 17.3 Å². The summed E-state index contributed by atoms with van der Waals surface area (Å²) in [7, 11) is 0. The van der Waals surface area contributed by atoms with Crippen LogP contribution in [0.25, 0.3) is 21.9 Å². The quantitative estimate of drug-likeness (QED) is 0.355. The molecule has 2 aliphatic rings. The summed E-state index contributed by atoms with van der Waals surface area (Å²) < 4.78 is 42.4. The zero-order valence-corrected chi connectivity index (χ0v) is 21.4. The first-order valence-corrected chi connectivity index (χ1v) is 12.8. The molecule has 2 fully saturated rings. The van der Waals surface area contributed by atoms with Crippen LogP contribution in [0.15, 0.2) is 36.7 Å². The zero-order chi connectivity index (χ0) is 27.6. The number of hydrogen-bond acceptors (Lipinski definition) is 6. The Labute approximate surface area is 225 Å². The number of alkyl halides is 3. The van der Waals surface area contributed by atoms with Gasteiger partial charge < -0.3 is 20.5 Å². The van der Waals surface area contributed by atoms with Gasteiger partial charge in [-0.1, -0.05) is 17.7 Å². The van der Waals surface area contributed by atoms with Crippen LogP contribution in [0.3, 0.4) is 0 Å². The number of nitrogens with two attached hydrogens (primary N) is 1. The molecular formula is C26H23ClF3N7O2. The standard InChI is InChI=1S/C26H23ClF3N7O2/c1-12-7-14(26(28,29)30)9-15-21-23(31)32-11-33-24(21)36(22(12)15)10-20(38)37-16-6-5-13(16)8-17(37)25(39)35-19-4-2-3-18(27)34-19/h2-4,7,9,11,13,16-17H,5-6,8,10H2,1H3,(H2,31,32,33)(H,34,35,39)/t13-,16-,17+/m1/s1. The smallest absolute Gasteiger partial charge is 0.383 e. The van der Waals surface area contributed by atoms with Gasteiger partial charge in [-0.15, -0.1) is 0 Å². The Bertz CT molecular complexity index is 1650. The van der Waals surface area contributed by atoms with Crippen molar-refractivity contribution < 1.29 is 22.8 Å². The summed E-state index contributed by atoms with van der Waals surface area (Å²) in [6, 6.07) is 6.10. The average molecular weight is 558 g/mol. The summed E-state index contributed by atoms with van der Waals surface area (Å²) in [5, 5.41) is 3.44. The molecule has 9 nitrogen and oxygen atoms in total. The van der Waals surface area contributed by atoms with Crippen LogP contribution in [0.4, 0.5) is 24.8 Å². The van der Waals surface area contributed by atoms with Crippen LogP contribution >= 0.6 is 11.6 Å². The largest absolute Gasteiger partial charge is 0.416 e. The molecule has 13 heteroatoms. The Morgan fingerprint density at radius 2 is 2.00 bits per heavy atom. The van der Waals surface area contributed by atoms with E-state index in [1.807, 2.05) is 0 Å². The second-order valence-electron chi connectivity index (χ2n) is 10.0. The third-order valence-electron chi connectivity index (χ3n) is 7.73. The van der Waals surface area contributed by atoms with Gasteiger partial charge in [0.15, 0.2) is 0 Å². The van der Waals surface area contributed by atoms with Crippen molar-refractivity contribution in [2.75, 3.05) is 11.1 Å². The summed E-state index contributed by atoms with van der Waals surface area (Å²) >= 11 is 5.95. The Morgan fingerprint density at radius 1 is 1.21 bits per heavy atom. The van der Waals surface area contributed by atoms with Crippen LogP contribution in [-0.2, 0) is 22.3 Å². The van der Waals surface area contributed by atoms with Crippen molar-refractivity contribution in [1.82, 2.24) is 24.4 Å². The highest BCUT2D eigenvalue weighted by atomic mass is 35.5. The molecule has 6 rings (SSSR count). The minimum atomic E-state index is -4.57. The number of likely N-dealkylation sites (tertiary alicyclic amines) is 1. The molecule has 4 aromatic rings. The molecule has 0 bridgehead atoms. The maximum atomic E-state index is 13.9. The van der Waals surface area contributed by atoms with Crippen LogP contribution in [0.5, 0.6) is 0 Å². The Balaban J connectivity index is 1.38. The van der Waals surface area contributed by atoms with E-state index in [2.05, 4.69) is 20.3 Å². The molecule has 3 aromatic heterocycles. The van der Waals surface area contributed by atoms with Gasteiger partial charge >= 0.3 is 6.18 Å². The highest BCUT2D eigenvalue weighted by molar-refractivity contribution is 6.29. The molecule has 202 valence electrons.